The SMILES string of the molecule is Cn1ccnc1[C@H]1OCC[C@@H]1NC(=O)NC[C@H]1CCCS1. The van der Waals surface area contributed by atoms with Gasteiger partial charge in [-0.2, -0.15) is 11.8 Å². The van der Waals surface area contributed by atoms with Crippen LogP contribution in [0.25, 0.3) is 0 Å². The number of nitrogens with zero attached hydrogens (tertiary/aromatic N) is 2. The van der Waals surface area contributed by atoms with Crippen molar-refractivity contribution in [3.05, 3.63) is 18.2 Å². The number of hydrogen-bond acceptors (Lipinski definition) is 4. The van der Waals surface area contributed by atoms with Crippen molar-refractivity contribution in [2.45, 2.75) is 36.7 Å². The van der Waals surface area contributed by atoms with Gasteiger partial charge in [-0.3, -0.25) is 0 Å². The molecule has 2 amide bonds. The minimum Gasteiger partial charge on any atom is -0.368 e. The molecular weight excluding hydrogens is 288 g/mol. The molecule has 2 N–H and O–H groups in total. The quantitative estimate of drug-likeness (QED) is 0.883. The summed E-state index contributed by atoms with van der Waals surface area (Å²) in [7, 11) is 1.94. The molecule has 3 atom stereocenters. The molecule has 1 aromatic heterocycles. The normalized spacial score (nSPS) is 28.7. The lowest BCUT2D eigenvalue weighted by Gasteiger charge is -2.20. The fourth-order valence-electron chi connectivity index (χ4n) is 2.87. The van der Waals surface area contributed by atoms with E-state index >= 15 is 0 Å². The summed E-state index contributed by atoms with van der Waals surface area (Å²) in [5.74, 6) is 2.08. The highest BCUT2D eigenvalue weighted by Crippen LogP contribution is 2.28. The van der Waals surface area contributed by atoms with E-state index in [-0.39, 0.29) is 18.2 Å². The molecule has 0 spiro atoms. The fourth-order valence-corrected chi connectivity index (χ4v) is 4.08. The van der Waals surface area contributed by atoms with Gasteiger partial charge in [0.05, 0.1) is 6.04 Å². The molecule has 21 heavy (non-hydrogen) atoms. The summed E-state index contributed by atoms with van der Waals surface area (Å²) in [6.07, 6.45) is 6.78. The highest BCUT2D eigenvalue weighted by atomic mass is 32.2. The number of urea groups is 1. The summed E-state index contributed by atoms with van der Waals surface area (Å²) in [4.78, 5) is 16.4. The van der Waals surface area contributed by atoms with E-state index in [0.717, 1.165) is 18.8 Å². The number of rotatable bonds is 4. The maximum Gasteiger partial charge on any atom is 0.315 e. The van der Waals surface area contributed by atoms with Crippen molar-refractivity contribution in [3.63, 3.8) is 0 Å². The molecule has 3 heterocycles. The standard InChI is InChI=1S/C14H22N4O2S/c1-18-6-5-15-13(18)12-11(4-7-20-12)17-14(19)16-9-10-3-2-8-21-10/h5-6,10-12H,2-4,7-9H2,1H3,(H2,16,17,19)/t10-,11+,12+/m1/s1. The summed E-state index contributed by atoms with van der Waals surface area (Å²) >= 11 is 1.95. The van der Waals surface area contributed by atoms with Crippen molar-refractivity contribution >= 4 is 17.8 Å². The smallest absolute Gasteiger partial charge is 0.315 e. The Morgan fingerprint density at radius 3 is 3.19 bits per heavy atom. The van der Waals surface area contributed by atoms with Gasteiger partial charge in [0.2, 0.25) is 0 Å². The first-order valence-corrected chi connectivity index (χ1v) is 8.53. The third kappa shape index (κ3) is 3.52. The van der Waals surface area contributed by atoms with Gasteiger partial charge in [0.25, 0.3) is 0 Å². The molecule has 1 aromatic rings. The van der Waals surface area contributed by atoms with Crippen LogP contribution in [0.15, 0.2) is 12.4 Å². The number of aryl methyl sites for hydroxylation is 1. The van der Waals surface area contributed by atoms with E-state index in [4.69, 9.17) is 4.74 Å². The molecule has 2 aliphatic rings. The number of amides is 2. The Morgan fingerprint density at radius 2 is 2.48 bits per heavy atom. The second-order valence-electron chi connectivity index (χ2n) is 5.57. The first-order chi connectivity index (χ1) is 10.2. The van der Waals surface area contributed by atoms with E-state index in [1.807, 2.05) is 29.6 Å². The van der Waals surface area contributed by atoms with Gasteiger partial charge >= 0.3 is 6.03 Å². The number of carbonyl (C=O) groups is 1. The van der Waals surface area contributed by atoms with Crippen molar-refractivity contribution in [2.75, 3.05) is 18.9 Å². The molecule has 2 aliphatic heterocycles. The van der Waals surface area contributed by atoms with Crippen molar-refractivity contribution in [1.29, 1.82) is 0 Å². The van der Waals surface area contributed by atoms with Crippen LogP contribution in [-0.2, 0) is 11.8 Å². The lowest BCUT2D eigenvalue weighted by Crippen LogP contribution is -2.45. The van der Waals surface area contributed by atoms with Gasteiger partial charge in [0.15, 0.2) is 0 Å². The molecule has 7 heteroatoms. The Bertz CT molecular complexity index is 487. The average molecular weight is 310 g/mol. The van der Waals surface area contributed by atoms with Crippen LogP contribution in [0.5, 0.6) is 0 Å². The summed E-state index contributed by atoms with van der Waals surface area (Å²) in [5.41, 5.74) is 0. The second-order valence-corrected chi connectivity index (χ2v) is 6.98. The predicted molar refractivity (Wildman–Crippen MR) is 82.3 cm³/mol. The molecular formula is C14H22N4O2S. The number of nitrogens with one attached hydrogen (secondary N) is 2. The predicted octanol–water partition coefficient (Wildman–Crippen LogP) is 1.44. The van der Waals surface area contributed by atoms with Crippen LogP contribution in [0.2, 0.25) is 0 Å². The Labute approximate surface area is 129 Å². The Hall–Kier alpha value is -1.21. The molecule has 0 unspecified atom stereocenters. The molecule has 3 rings (SSSR count). The van der Waals surface area contributed by atoms with E-state index in [9.17, 15) is 4.79 Å². The van der Waals surface area contributed by atoms with Crippen LogP contribution >= 0.6 is 11.8 Å². The molecule has 2 fully saturated rings. The van der Waals surface area contributed by atoms with E-state index in [0.29, 0.717) is 11.9 Å². The minimum atomic E-state index is -0.156. The third-order valence-electron chi connectivity index (χ3n) is 4.04. The van der Waals surface area contributed by atoms with Gasteiger partial charge in [0.1, 0.15) is 11.9 Å². The zero-order valence-electron chi connectivity index (χ0n) is 12.2. The van der Waals surface area contributed by atoms with Crippen LogP contribution in [0, 0.1) is 0 Å². The summed E-state index contributed by atoms with van der Waals surface area (Å²) < 4.78 is 7.68. The maximum absolute atomic E-state index is 12.0. The lowest BCUT2D eigenvalue weighted by molar-refractivity contribution is 0.0908. The maximum atomic E-state index is 12.0. The van der Waals surface area contributed by atoms with Crippen molar-refractivity contribution in [1.82, 2.24) is 20.2 Å². The van der Waals surface area contributed by atoms with Crippen LogP contribution < -0.4 is 10.6 Å². The van der Waals surface area contributed by atoms with Crippen LogP contribution in [0.1, 0.15) is 31.2 Å². The largest absolute Gasteiger partial charge is 0.368 e. The zero-order chi connectivity index (χ0) is 14.7. The zero-order valence-corrected chi connectivity index (χ0v) is 13.1. The van der Waals surface area contributed by atoms with Gasteiger partial charge in [0, 0.05) is 37.8 Å². The first-order valence-electron chi connectivity index (χ1n) is 7.49. The minimum absolute atomic E-state index is 0.0117. The number of imidazole rings is 1. The molecule has 0 aliphatic carbocycles. The molecule has 0 radical (unpaired) electrons. The highest BCUT2D eigenvalue weighted by molar-refractivity contribution is 8.00. The number of hydrogen-bond donors (Lipinski definition) is 2. The highest BCUT2D eigenvalue weighted by Gasteiger charge is 2.33. The van der Waals surface area contributed by atoms with Crippen LogP contribution in [0.3, 0.4) is 0 Å². The topological polar surface area (TPSA) is 68.2 Å². The number of aromatic nitrogens is 2. The summed E-state index contributed by atoms with van der Waals surface area (Å²) in [5, 5.41) is 6.58. The summed E-state index contributed by atoms with van der Waals surface area (Å²) in [6.45, 7) is 1.40. The Balaban J connectivity index is 1.51. The monoisotopic (exact) mass is 310 g/mol. The molecule has 0 aromatic carbocycles. The lowest BCUT2D eigenvalue weighted by atomic mass is 10.1. The average Bonchev–Trinajstić information content (AvgIpc) is 3.18. The Morgan fingerprint density at radius 1 is 1.57 bits per heavy atom. The number of thioether (sulfide) groups is 1. The Kier molecular flexibility index (Phi) is 4.70. The van der Waals surface area contributed by atoms with Crippen molar-refractivity contribution in [2.24, 2.45) is 7.05 Å². The second kappa shape index (κ2) is 6.70. The summed E-state index contributed by atoms with van der Waals surface area (Å²) in [6, 6.07) is -0.112. The molecule has 2 saturated heterocycles. The van der Waals surface area contributed by atoms with Crippen LogP contribution in [-0.4, -0.2) is 45.8 Å². The molecule has 0 bridgehead atoms. The van der Waals surface area contributed by atoms with Gasteiger partial charge in [-0.05, 0) is 25.0 Å². The van der Waals surface area contributed by atoms with Gasteiger partial charge < -0.3 is 19.9 Å². The van der Waals surface area contributed by atoms with E-state index in [1.165, 1.54) is 18.6 Å². The van der Waals surface area contributed by atoms with Gasteiger partial charge in [-0.15, -0.1) is 0 Å². The number of carbonyl (C=O) groups excluding carboxylic acids is 1. The van der Waals surface area contributed by atoms with E-state index in [1.54, 1.807) is 6.20 Å². The van der Waals surface area contributed by atoms with Gasteiger partial charge in [-0.25, -0.2) is 9.78 Å². The molecule has 0 saturated carbocycles. The van der Waals surface area contributed by atoms with Crippen molar-refractivity contribution in [3.8, 4) is 0 Å². The van der Waals surface area contributed by atoms with Crippen molar-refractivity contribution < 1.29 is 9.53 Å². The van der Waals surface area contributed by atoms with E-state index in [2.05, 4.69) is 15.6 Å². The number of ether oxygens (including phenoxy) is 1. The first kappa shape index (κ1) is 14.7. The van der Waals surface area contributed by atoms with Gasteiger partial charge in [-0.1, -0.05) is 0 Å². The fraction of sp³-hybridized carbons (Fsp3) is 0.714. The molecule has 6 nitrogen and oxygen atoms in total. The third-order valence-corrected chi connectivity index (χ3v) is 5.43. The molecule has 116 valence electrons. The van der Waals surface area contributed by atoms with E-state index < -0.39 is 0 Å². The van der Waals surface area contributed by atoms with Crippen LogP contribution in [0.4, 0.5) is 4.79 Å².